The highest BCUT2D eigenvalue weighted by atomic mass is 15.5. The van der Waals surface area contributed by atoms with E-state index in [-0.39, 0.29) is 0 Å². The number of anilines is 3. The van der Waals surface area contributed by atoms with Crippen molar-refractivity contribution >= 4 is 34.0 Å². The van der Waals surface area contributed by atoms with E-state index < -0.39 is 0 Å². The Bertz CT molecular complexity index is 1140. The average Bonchev–Trinajstić information content (AvgIpc) is 2.85. The summed E-state index contributed by atoms with van der Waals surface area (Å²) in [5.41, 5.74) is 4.47. The molecule has 0 radical (unpaired) electrons. The van der Waals surface area contributed by atoms with Gasteiger partial charge in [-0.1, -0.05) is 80.6 Å². The Hall–Kier alpha value is -3.59. The zero-order chi connectivity index (χ0) is 22.2. The molecule has 4 aromatic carbocycles. The van der Waals surface area contributed by atoms with Crippen LogP contribution in [0, 0.1) is 0 Å². The Morgan fingerprint density at radius 2 is 1.31 bits per heavy atom. The van der Waals surface area contributed by atoms with Crippen LogP contribution >= 0.6 is 0 Å². The van der Waals surface area contributed by atoms with Crippen LogP contribution < -0.4 is 9.91 Å². The molecular formula is C29H31N3. The maximum absolute atomic E-state index is 4.93. The predicted octanol–water partition coefficient (Wildman–Crippen LogP) is 7.64. The lowest BCUT2D eigenvalue weighted by molar-refractivity contribution is 0.745. The molecule has 0 aromatic heterocycles. The van der Waals surface area contributed by atoms with E-state index in [1.807, 2.05) is 29.4 Å². The van der Waals surface area contributed by atoms with E-state index in [1.165, 1.54) is 16.5 Å². The maximum Gasteiger partial charge on any atom is 0.0730 e. The molecule has 32 heavy (non-hydrogen) atoms. The summed E-state index contributed by atoms with van der Waals surface area (Å²) in [4.78, 5) is 2.45. The van der Waals surface area contributed by atoms with Crippen LogP contribution in [-0.2, 0) is 0 Å². The van der Waals surface area contributed by atoms with Crippen molar-refractivity contribution in [1.29, 1.82) is 0 Å². The summed E-state index contributed by atoms with van der Waals surface area (Å²) in [6.07, 6.45) is 4.25. The zero-order valence-electron chi connectivity index (χ0n) is 19.0. The largest absolute Gasteiger partial charge is 0.372 e. The van der Waals surface area contributed by atoms with Gasteiger partial charge in [-0.15, -0.1) is 0 Å². The summed E-state index contributed by atoms with van der Waals surface area (Å²) < 4.78 is 0. The van der Waals surface area contributed by atoms with Crippen LogP contribution in [0.2, 0.25) is 0 Å². The van der Waals surface area contributed by atoms with Gasteiger partial charge < -0.3 is 4.90 Å². The van der Waals surface area contributed by atoms with Crippen LogP contribution in [0.15, 0.2) is 102 Å². The van der Waals surface area contributed by atoms with Gasteiger partial charge in [0.1, 0.15) is 0 Å². The third-order valence-corrected chi connectivity index (χ3v) is 5.56. The van der Waals surface area contributed by atoms with Gasteiger partial charge in [0.2, 0.25) is 0 Å². The summed E-state index contributed by atoms with van der Waals surface area (Å²) in [5, 5.41) is 9.34. The lowest BCUT2D eigenvalue weighted by Crippen LogP contribution is -2.24. The zero-order valence-corrected chi connectivity index (χ0v) is 19.0. The lowest BCUT2D eigenvalue weighted by atomic mass is 10.1. The molecule has 0 spiro atoms. The van der Waals surface area contributed by atoms with Crippen LogP contribution in [0.4, 0.5) is 17.1 Å². The topological polar surface area (TPSA) is 18.8 Å². The van der Waals surface area contributed by atoms with Crippen molar-refractivity contribution in [3.05, 3.63) is 103 Å². The Morgan fingerprint density at radius 3 is 2.03 bits per heavy atom. The molecule has 0 saturated carbocycles. The van der Waals surface area contributed by atoms with E-state index in [0.717, 1.165) is 42.9 Å². The van der Waals surface area contributed by atoms with Gasteiger partial charge in [0.15, 0.2) is 0 Å². The molecule has 0 amide bonds. The smallest absolute Gasteiger partial charge is 0.0730 e. The second kappa shape index (κ2) is 10.6. The van der Waals surface area contributed by atoms with E-state index in [4.69, 9.17) is 5.10 Å². The van der Waals surface area contributed by atoms with Crippen molar-refractivity contribution in [2.75, 3.05) is 23.0 Å². The Morgan fingerprint density at radius 1 is 0.656 bits per heavy atom. The Kier molecular flexibility index (Phi) is 7.19. The van der Waals surface area contributed by atoms with E-state index in [2.05, 4.69) is 97.6 Å². The number of nitrogens with zero attached hydrogens (tertiary/aromatic N) is 3. The first-order valence-electron chi connectivity index (χ1n) is 11.5. The molecule has 0 bridgehead atoms. The van der Waals surface area contributed by atoms with E-state index in [0.29, 0.717) is 0 Å². The molecule has 0 unspecified atom stereocenters. The number of rotatable bonds is 9. The van der Waals surface area contributed by atoms with Crippen LogP contribution in [-0.4, -0.2) is 19.3 Å². The fourth-order valence-corrected chi connectivity index (χ4v) is 4.04. The minimum absolute atomic E-state index is 1.04. The summed E-state index contributed by atoms with van der Waals surface area (Å²) >= 11 is 0. The minimum atomic E-state index is 1.04. The molecule has 3 nitrogen and oxygen atoms in total. The molecule has 162 valence electrons. The van der Waals surface area contributed by atoms with Crippen molar-refractivity contribution < 1.29 is 0 Å². The summed E-state index contributed by atoms with van der Waals surface area (Å²) in [6, 6.07) is 33.9. The van der Waals surface area contributed by atoms with Crippen molar-refractivity contribution in [3.63, 3.8) is 0 Å². The van der Waals surface area contributed by atoms with Crippen molar-refractivity contribution in [3.8, 4) is 0 Å². The molecule has 0 heterocycles. The number of fused-ring (bicyclic) bond motifs is 1. The van der Waals surface area contributed by atoms with Crippen LogP contribution in [0.5, 0.6) is 0 Å². The van der Waals surface area contributed by atoms with Gasteiger partial charge in [-0.05, 0) is 54.1 Å². The quantitative estimate of drug-likeness (QED) is 0.204. The average molecular weight is 422 g/mol. The van der Waals surface area contributed by atoms with Crippen molar-refractivity contribution in [2.24, 2.45) is 5.10 Å². The number of benzene rings is 4. The number of hydrogen-bond donors (Lipinski definition) is 0. The highest BCUT2D eigenvalue weighted by Gasteiger charge is 2.11. The van der Waals surface area contributed by atoms with Gasteiger partial charge in [0.05, 0.1) is 17.6 Å². The second-order valence-electron chi connectivity index (χ2n) is 7.97. The van der Waals surface area contributed by atoms with Gasteiger partial charge in [-0.2, -0.15) is 5.10 Å². The first-order chi connectivity index (χ1) is 15.8. The van der Waals surface area contributed by atoms with E-state index >= 15 is 0 Å². The molecule has 0 fully saturated rings. The SMILES string of the molecule is CCCN(CCC)c1ccc(C=NN(c2ccccc2)c2cccc3ccccc23)cc1. The van der Waals surface area contributed by atoms with Gasteiger partial charge in [-0.25, -0.2) is 5.01 Å². The fourth-order valence-electron chi connectivity index (χ4n) is 4.04. The molecule has 0 aliphatic heterocycles. The first kappa shape index (κ1) is 21.6. The minimum Gasteiger partial charge on any atom is -0.372 e. The van der Waals surface area contributed by atoms with Gasteiger partial charge >= 0.3 is 0 Å². The van der Waals surface area contributed by atoms with Crippen LogP contribution in [0.25, 0.3) is 10.8 Å². The monoisotopic (exact) mass is 421 g/mol. The standard InChI is InChI=1S/C29H31N3/c1-3-21-31(22-4-2)26-19-17-24(18-20-26)23-30-32(27-13-6-5-7-14-27)29-16-10-12-25-11-8-9-15-28(25)29/h5-20,23H,3-4,21-22H2,1-2H3. The molecule has 4 rings (SSSR count). The van der Waals surface area contributed by atoms with E-state index in [1.54, 1.807) is 0 Å². The van der Waals surface area contributed by atoms with Gasteiger partial charge in [-0.3, -0.25) is 0 Å². The molecule has 0 aliphatic rings. The normalized spacial score (nSPS) is 11.2. The molecule has 4 aromatic rings. The third kappa shape index (κ3) is 5.00. The van der Waals surface area contributed by atoms with Crippen molar-refractivity contribution in [2.45, 2.75) is 26.7 Å². The summed E-state index contributed by atoms with van der Waals surface area (Å²) in [6.45, 7) is 6.64. The Balaban J connectivity index is 1.66. The molecule has 0 N–H and O–H groups in total. The van der Waals surface area contributed by atoms with Gasteiger partial charge in [0, 0.05) is 24.2 Å². The van der Waals surface area contributed by atoms with Crippen molar-refractivity contribution in [1.82, 2.24) is 0 Å². The molecule has 3 heteroatoms. The predicted molar refractivity (Wildman–Crippen MR) is 139 cm³/mol. The first-order valence-corrected chi connectivity index (χ1v) is 11.5. The fraction of sp³-hybridized carbons (Fsp3) is 0.207. The molecule has 0 atom stereocenters. The second-order valence-corrected chi connectivity index (χ2v) is 7.97. The summed E-state index contributed by atoms with van der Waals surface area (Å²) in [5.74, 6) is 0. The van der Waals surface area contributed by atoms with Gasteiger partial charge in [0.25, 0.3) is 0 Å². The highest BCUT2D eigenvalue weighted by Crippen LogP contribution is 2.32. The van der Waals surface area contributed by atoms with Crippen LogP contribution in [0.1, 0.15) is 32.3 Å². The highest BCUT2D eigenvalue weighted by molar-refractivity contribution is 5.96. The molecular weight excluding hydrogens is 390 g/mol. The van der Waals surface area contributed by atoms with Crippen LogP contribution in [0.3, 0.4) is 0 Å². The maximum atomic E-state index is 4.93. The summed E-state index contributed by atoms with van der Waals surface area (Å²) in [7, 11) is 0. The van der Waals surface area contributed by atoms with E-state index in [9.17, 15) is 0 Å². The Labute approximate surface area is 191 Å². The third-order valence-electron chi connectivity index (χ3n) is 5.56. The lowest BCUT2D eigenvalue weighted by Gasteiger charge is -2.24. The number of hydrogen-bond acceptors (Lipinski definition) is 3. The number of para-hydroxylation sites is 1. The molecule has 0 saturated heterocycles. The molecule has 0 aliphatic carbocycles. The number of hydrazone groups is 1.